The number of benzene rings is 1. The Bertz CT molecular complexity index is 718. The molecule has 0 unspecified atom stereocenters. The van der Waals surface area contributed by atoms with Crippen molar-refractivity contribution in [1.82, 2.24) is 15.0 Å². The van der Waals surface area contributed by atoms with E-state index in [1.165, 1.54) is 5.56 Å². The van der Waals surface area contributed by atoms with E-state index >= 15 is 0 Å². The molecule has 2 heterocycles. The van der Waals surface area contributed by atoms with E-state index in [-0.39, 0.29) is 0 Å². The molecule has 2 aromatic heterocycles. The van der Waals surface area contributed by atoms with Crippen LogP contribution in [0, 0.1) is 0 Å². The Labute approximate surface area is 111 Å². The number of methoxy groups -OCH3 is 1. The van der Waals surface area contributed by atoms with E-state index in [0.717, 1.165) is 34.6 Å². The second kappa shape index (κ2) is 4.72. The van der Waals surface area contributed by atoms with Crippen LogP contribution >= 0.6 is 0 Å². The zero-order valence-electron chi connectivity index (χ0n) is 11.0. The number of imidazole rings is 1. The number of H-pyrrole nitrogens is 1. The minimum atomic E-state index is 0.720. The van der Waals surface area contributed by atoms with Gasteiger partial charge in [-0.2, -0.15) is 0 Å². The summed E-state index contributed by atoms with van der Waals surface area (Å²) < 4.78 is 5.32. The quantitative estimate of drug-likeness (QED) is 0.779. The summed E-state index contributed by atoms with van der Waals surface area (Å²) in [5.41, 5.74) is 4.23. The fraction of sp³-hybridized carbons (Fsp3) is 0.200. The summed E-state index contributed by atoms with van der Waals surface area (Å²) in [6.45, 7) is 2.14. The summed E-state index contributed by atoms with van der Waals surface area (Å²) in [6.07, 6.45) is 4.45. The van der Waals surface area contributed by atoms with E-state index in [1.54, 1.807) is 19.5 Å². The highest BCUT2D eigenvalue weighted by Gasteiger charge is 2.10. The number of hydrogen-bond donors (Lipinski definition) is 1. The highest BCUT2D eigenvalue weighted by atomic mass is 16.5. The number of aryl methyl sites for hydroxylation is 1. The molecule has 0 fully saturated rings. The fourth-order valence-electron chi connectivity index (χ4n) is 2.14. The lowest BCUT2D eigenvalue weighted by Gasteiger charge is -2.03. The van der Waals surface area contributed by atoms with Crippen LogP contribution in [-0.2, 0) is 6.42 Å². The van der Waals surface area contributed by atoms with Gasteiger partial charge in [0.05, 0.1) is 29.9 Å². The van der Waals surface area contributed by atoms with Gasteiger partial charge >= 0.3 is 0 Å². The normalized spacial score (nSPS) is 10.8. The van der Waals surface area contributed by atoms with Gasteiger partial charge in [-0.25, -0.2) is 4.98 Å². The lowest BCUT2D eigenvalue weighted by Crippen LogP contribution is -1.89. The Morgan fingerprint density at radius 1 is 1.26 bits per heavy atom. The van der Waals surface area contributed by atoms with Gasteiger partial charge in [-0.3, -0.25) is 4.98 Å². The SMILES string of the molecule is CCc1ccc2nc(-c3ccncc3OC)[nH]c2c1. The Morgan fingerprint density at radius 2 is 2.16 bits per heavy atom. The lowest BCUT2D eigenvalue weighted by molar-refractivity contribution is 0.414. The van der Waals surface area contributed by atoms with E-state index in [0.29, 0.717) is 0 Å². The molecule has 0 aliphatic heterocycles. The van der Waals surface area contributed by atoms with Crippen LogP contribution in [0.1, 0.15) is 12.5 Å². The van der Waals surface area contributed by atoms with E-state index in [2.05, 4.69) is 34.0 Å². The first-order valence-electron chi connectivity index (χ1n) is 6.29. The minimum absolute atomic E-state index is 0.720. The fourth-order valence-corrected chi connectivity index (χ4v) is 2.14. The average Bonchev–Trinajstić information content (AvgIpc) is 2.89. The monoisotopic (exact) mass is 253 g/mol. The standard InChI is InChI=1S/C15H15N3O/c1-3-10-4-5-12-13(8-10)18-15(17-12)11-6-7-16-9-14(11)19-2/h4-9H,3H2,1-2H3,(H,17,18). The van der Waals surface area contributed by atoms with Crippen LogP contribution < -0.4 is 4.74 Å². The molecule has 96 valence electrons. The molecule has 0 aliphatic rings. The maximum atomic E-state index is 5.32. The number of fused-ring (bicyclic) bond motifs is 1. The molecular weight excluding hydrogens is 238 g/mol. The van der Waals surface area contributed by atoms with Crippen molar-refractivity contribution >= 4 is 11.0 Å². The predicted molar refractivity (Wildman–Crippen MR) is 75.3 cm³/mol. The van der Waals surface area contributed by atoms with Crippen molar-refractivity contribution in [3.63, 3.8) is 0 Å². The largest absolute Gasteiger partial charge is 0.494 e. The molecule has 1 N–H and O–H groups in total. The van der Waals surface area contributed by atoms with Crippen molar-refractivity contribution in [3.05, 3.63) is 42.2 Å². The number of hydrogen-bond acceptors (Lipinski definition) is 3. The Morgan fingerprint density at radius 3 is 2.95 bits per heavy atom. The van der Waals surface area contributed by atoms with Gasteiger partial charge in [0.25, 0.3) is 0 Å². The molecule has 0 radical (unpaired) electrons. The molecule has 3 rings (SSSR count). The van der Waals surface area contributed by atoms with E-state index in [4.69, 9.17) is 4.74 Å². The van der Waals surface area contributed by atoms with Crippen molar-refractivity contribution < 1.29 is 4.74 Å². The number of rotatable bonds is 3. The van der Waals surface area contributed by atoms with Crippen molar-refractivity contribution in [2.45, 2.75) is 13.3 Å². The maximum absolute atomic E-state index is 5.32. The number of nitrogens with zero attached hydrogens (tertiary/aromatic N) is 2. The number of ether oxygens (including phenoxy) is 1. The first-order valence-corrected chi connectivity index (χ1v) is 6.29. The van der Waals surface area contributed by atoms with Crippen molar-refractivity contribution in [3.8, 4) is 17.1 Å². The van der Waals surface area contributed by atoms with Crippen LogP contribution in [0.2, 0.25) is 0 Å². The van der Waals surface area contributed by atoms with Crippen LogP contribution in [0.3, 0.4) is 0 Å². The third-order valence-corrected chi connectivity index (χ3v) is 3.21. The molecule has 1 aromatic carbocycles. The molecule has 0 atom stereocenters. The average molecular weight is 253 g/mol. The van der Waals surface area contributed by atoms with Gasteiger partial charge in [-0.05, 0) is 30.2 Å². The second-order valence-corrected chi connectivity index (χ2v) is 4.37. The first-order chi connectivity index (χ1) is 9.31. The first kappa shape index (κ1) is 11.7. The molecule has 0 saturated heterocycles. The molecule has 0 amide bonds. The molecule has 0 spiro atoms. The van der Waals surface area contributed by atoms with Crippen LogP contribution in [0.4, 0.5) is 0 Å². The molecule has 4 heteroatoms. The van der Waals surface area contributed by atoms with Crippen LogP contribution in [-0.4, -0.2) is 22.1 Å². The van der Waals surface area contributed by atoms with Gasteiger partial charge in [0, 0.05) is 6.20 Å². The van der Waals surface area contributed by atoms with Gasteiger partial charge in [0.1, 0.15) is 11.6 Å². The third kappa shape index (κ3) is 2.05. The minimum Gasteiger partial charge on any atom is -0.494 e. The summed E-state index contributed by atoms with van der Waals surface area (Å²) in [4.78, 5) is 12.0. The van der Waals surface area contributed by atoms with E-state index < -0.39 is 0 Å². The van der Waals surface area contributed by atoms with Crippen molar-refractivity contribution in [2.24, 2.45) is 0 Å². The number of aromatic nitrogens is 3. The molecule has 0 aliphatic carbocycles. The number of nitrogens with one attached hydrogen (secondary N) is 1. The predicted octanol–water partition coefficient (Wildman–Crippen LogP) is 3.20. The smallest absolute Gasteiger partial charge is 0.148 e. The van der Waals surface area contributed by atoms with Gasteiger partial charge in [-0.1, -0.05) is 13.0 Å². The molecule has 0 bridgehead atoms. The Balaban J connectivity index is 2.15. The Hall–Kier alpha value is -2.36. The molecule has 0 saturated carbocycles. The summed E-state index contributed by atoms with van der Waals surface area (Å²) >= 11 is 0. The van der Waals surface area contributed by atoms with E-state index in [9.17, 15) is 0 Å². The molecular formula is C15H15N3O. The number of aromatic amines is 1. The highest BCUT2D eigenvalue weighted by Crippen LogP contribution is 2.28. The van der Waals surface area contributed by atoms with Crippen molar-refractivity contribution in [2.75, 3.05) is 7.11 Å². The molecule has 19 heavy (non-hydrogen) atoms. The summed E-state index contributed by atoms with van der Waals surface area (Å²) in [5.74, 6) is 1.53. The number of pyridine rings is 1. The van der Waals surface area contributed by atoms with Crippen molar-refractivity contribution in [1.29, 1.82) is 0 Å². The second-order valence-electron chi connectivity index (χ2n) is 4.37. The van der Waals surface area contributed by atoms with Crippen LogP contribution in [0.5, 0.6) is 5.75 Å². The van der Waals surface area contributed by atoms with Crippen LogP contribution in [0.15, 0.2) is 36.7 Å². The van der Waals surface area contributed by atoms with Crippen LogP contribution in [0.25, 0.3) is 22.4 Å². The molecule has 3 aromatic rings. The zero-order chi connectivity index (χ0) is 13.2. The topological polar surface area (TPSA) is 50.8 Å². The summed E-state index contributed by atoms with van der Waals surface area (Å²) in [7, 11) is 1.64. The third-order valence-electron chi connectivity index (χ3n) is 3.21. The Kier molecular flexibility index (Phi) is 2.91. The van der Waals surface area contributed by atoms with E-state index in [1.807, 2.05) is 12.1 Å². The van der Waals surface area contributed by atoms with Gasteiger partial charge in [0.2, 0.25) is 0 Å². The highest BCUT2D eigenvalue weighted by molar-refractivity contribution is 5.81. The summed E-state index contributed by atoms with van der Waals surface area (Å²) in [5, 5.41) is 0. The molecule has 4 nitrogen and oxygen atoms in total. The maximum Gasteiger partial charge on any atom is 0.148 e. The van der Waals surface area contributed by atoms with Gasteiger partial charge in [0.15, 0.2) is 0 Å². The van der Waals surface area contributed by atoms with Gasteiger partial charge in [-0.15, -0.1) is 0 Å². The van der Waals surface area contributed by atoms with Gasteiger partial charge < -0.3 is 9.72 Å². The zero-order valence-corrected chi connectivity index (χ0v) is 11.0. The summed E-state index contributed by atoms with van der Waals surface area (Å²) in [6, 6.07) is 8.19. The lowest BCUT2D eigenvalue weighted by atomic mass is 10.1.